The lowest BCUT2D eigenvalue weighted by Crippen LogP contribution is -2.28. The van der Waals surface area contributed by atoms with E-state index in [1.807, 2.05) is 24.3 Å². The van der Waals surface area contributed by atoms with Crippen LogP contribution in [0.2, 0.25) is 5.02 Å². The van der Waals surface area contributed by atoms with Crippen molar-refractivity contribution in [2.45, 2.75) is 45.8 Å². The molecule has 0 saturated carbocycles. The SMILES string of the molecule is CCC(CC)NCc1nc2ccc(Cl)cc2n1Cc1ccccc1. The highest BCUT2D eigenvalue weighted by Gasteiger charge is 2.13. The smallest absolute Gasteiger partial charge is 0.124 e. The summed E-state index contributed by atoms with van der Waals surface area (Å²) in [5, 5.41) is 4.37. The molecular formula is C20H24ClN3. The lowest BCUT2D eigenvalue weighted by atomic mass is 10.2. The minimum absolute atomic E-state index is 0.526. The van der Waals surface area contributed by atoms with Crippen molar-refractivity contribution in [3.8, 4) is 0 Å². The molecule has 0 saturated heterocycles. The number of hydrogen-bond donors (Lipinski definition) is 1. The molecule has 0 bridgehead atoms. The van der Waals surface area contributed by atoms with Gasteiger partial charge in [-0.2, -0.15) is 0 Å². The van der Waals surface area contributed by atoms with Crippen LogP contribution in [0.5, 0.6) is 0 Å². The van der Waals surface area contributed by atoms with Crippen molar-refractivity contribution < 1.29 is 0 Å². The first-order valence-electron chi connectivity index (χ1n) is 8.63. The molecule has 1 N–H and O–H groups in total. The average Bonchev–Trinajstić information content (AvgIpc) is 2.94. The van der Waals surface area contributed by atoms with Crippen molar-refractivity contribution >= 4 is 22.6 Å². The van der Waals surface area contributed by atoms with Gasteiger partial charge in [-0.15, -0.1) is 0 Å². The number of benzene rings is 2. The molecule has 1 heterocycles. The van der Waals surface area contributed by atoms with Crippen LogP contribution >= 0.6 is 11.6 Å². The fourth-order valence-corrected chi connectivity index (χ4v) is 3.20. The molecule has 0 aliphatic carbocycles. The summed E-state index contributed by atoms with van der Waals surface area (Å²) in [6.07, 6.45) is 2.25. The predicted molar refractivity (Wildman–Crippen MR) is 101 cm³/mol. The van der Waals surface area contributed by atoms with E-state index < -0.39 is 0 Å². The number of hydrogen-bond acceptors (Lipinski definition) is 2. The van der Waals surface area contributed by atoms with Gasteiger partial charge in [-0.3, -0.25) is 0 Å². The minimum Gasteiger partial charge on any atom is -0.322 e. The zero-order valence-electron chi connectivity index (χ0n) is 14.3. The van der Waals surface area contributed by atoms with E-state index in [1.165, 1.54) is 5.56 Å². The number of rotatable bonds is 7. The summed E-state index contributed by atoms with van der Waals surface area (Å²) >= 11 is 6.22. The standard InChI is InChI=1S/C20H24ClN3/c1-3-17(4-2)22-13-20-23-18-11-10-16(21)12-19(18)24(20)14-15-8-6-5-7-9-15/h5-12,17,22H,3-4,13-14H2,1-2H3. The van der Waals surface area contributed by atoms with Crippen LogP contribution in [0.1, 0.15) is 38.1 Å². The largest absolute Gasteiger partial charge is 0.322 e. The molecule has 4 heteroatoms. The first-order valence-corrected chi connectivity index (χ1v) is 9.01. The van der Waals surface area contributed by atoms with Crippen molar-refractivity contribution in [1.82, 2.24) is 14.9 Å². The third kappa shape index (κ3) is 3.80. The maximum Gasteiger partial charge on any atom is 0.124 e. The summed E-state index contributed by atoms with van der Waals surface area (Å²) in [5.41, 5.74) is 3.35. The molecule has 1 aromatic heterocycles. The van der Waals surface area contributed by atoms with Gasteiger partial charge in [0.1, 0.15) is 5.82 Å². The Labute approximate surface area is 148 Å². The second-order valence-corrected chi connectivity index (χ2v) is 6.56. The lowest BCUT2D eigenvalue weighted by Gasteiger charge is -2.15. The van der Waals surface area contributed by atoms with Gasteiger partial charge in [0.25, 0.3) is 0 Å². The molecule has 24 heavy (non-hydrogen) atoms. The maximum absolute atomic E-state index is 6.22. The van der Waals surface area contributed by atoms with E-state index in [4.69, 9.17) is 16.6 Å². The molecule has 2 aromatic carbocycles. The van der Waals surface area contributed by atoms with Crippen LogP contribution in [0.15, 0.2) is 48.5 Å². The predicted octanol–water partition coefficient (Wildman–Crippen LogP) is 5.02. The van der Waals surface area contributed by atoms with Crippen LogP contribution in [0.4, 0.5) is 0 Å². The Morgan fingerprint density at radius 3 is 2.54 bits per heavy atom. The second kappa shape index (κ2) is 7.82. The van der Waals surface area contributed by atoms with Crippen LogP contribution in [0.25, 0.3) is 11.0 Å². The number of nitrogens with one attached hydrogen (secondary N) is 1. The van der Waals surface area contributed by atoms with E-state index >= 15 is 0 Å². The fourth-order valence-electron chi connectivity index (χ4n) is 3.04. The van der Waals surface area contributed by atoms with Crippen LogP contribution in [0.3, 0.4) is 0 Å². The van der Waals surface area contributed by atoms with Gasteiger partial charge in [-0.1, -0.05) is 55.8 Å². The van der Waals surface area contributed by atoms with Crippen molar-refractivity contribution in [2.24, 2.45) is 0 Å². The Hall–Kier alpha value is -1.84. The lowest BCUT2D eigenvalue weighted by molar-refractivity contribution is 0.470. The molecule has 0 aliphatic rings. The number of fused-ring (bicyclic) bond motifs is 1. The van der Waals surface area contributed by atoms with Crippen molar-refractivity contribution in [2.75, 3.05) is 0 Å². The van der Waals surface area contributed by atoms with E-state index in [1.54, 1.807) is 0 Å². The fraction of sp³-hybridized carbons (Fsp3) is 0.350. The number of nitrogens with zero attached hydrogens (tertiary/aromatic N) is 2. The molecule has 3 aromatic rings. The average molecular weight is 342 g/mol. The van der Waals surface area contributed by atoms with E-state index in [2.05, 4.69) is 48.0 Å². The zero-order chi connectivity index (χ0) is 16.9. The summed E-state index contributed by atoms with van der Waals surface area (Å²) in [4.78, 5) is 4.83. The molecular weight excluding hydrogens is 318 g/mol. The second-order valence-electron chi connectivity index (χ2n) is 6.13. The summed E-state index contributed by atoms with van der Waals surface area (Å²) < 4.78 is 2.27. The van der Waals surface area contributed by atoms with Crippen molar-refractivity contribution in [3.63, 3.8) is 0 Å². The van der Waals surface area contributed by atoms with Crippen LogP contribution in [-0.4, -0.2) is 15.6 Å². The first kappa shape index (κ1) is 17.0. The van der Waals surface area contributed by atoms with E-state index in [-0.39, 0.29) is 0 Å². The van der Waals surface area contributed by atoms with Crippen molar-refractivity contribution in [1.29, 1.82) is 0 Å². The molecule has 0 atom stereocenters. The third-order valence-corrected chi connectivity index (χ3v) is 4.74. The van der Waals surface area contributed by atoms with Crippen molar-refractivity contribution in [3.05, 3.63) is 64.9 Å². The highest BCUT2D eigenvalue weighted by molar-refractivity contribution is 6.31. The Balaban J connectivity index is 1.95. The molecule has 0 aliphatic heterocycles. The number of halogens is 1. The van der Waals surface area contributed by atoms with Gasteiger partial charge < -0.3 is 9.88 Å². The van der Waals surface area contributed by atoms with Gasteiger partial charge in [-0.05, 0) is 36.6 Å². The molecule has 0 fully saturated rings. The number of imidazole rings is 1. The topological polar surface area (TPSA) is 29.9 Å². The monoisotopic (exact) mass is 341 g/mol. The van der Waals surface area contributed by atoms with Gasteiger partial charge in [0.05, 0.1) is 17.6 Å². The van der Waals surface area contributed by atoms with Gasteiger partial charge in [-0.25, -0.2) is 4.98 Å². The summed E-state index contributed by atoms with van der Waals surface area (Å²) in [7, 11) is 0. The Morgan fingerprint density at radius 1 is 1.08 bits per heavy atom. The summed E-state index contributed by atoms with van der Waals surface area (Å²) in [6, 6.07) is 16.9. The molecule has 0 unspecified atom stereocenters. The van der Waals surface area contributed by atoms with Crippen LogP contribution < -0.4 is 5.32 Å². The molecule has 0 radical (unpaired) electrons. The molecule has 3 rings (SSSR count). The molecule has 3 nitrogen and oxygen atoms in total. The van der Waals surface area contributed by atoms with Gasteiger partial charge in [0.15, 0.2) is 0 Å². The third-order valence-electron chi connectivity index (χ3n) is 4.51. The van der Waals surface area contributed by atoms with E-state index in [0.29, 0.717) is 6.04 Å². The Morgan fingerprint density at radius 2 is 1.83 bits per heavy atom. The Bertz CT molecular complexity index is 791. The van der Waals surface area contributed by atoms with Gasteiger partial charge >= 0.3 is 0 Å². The highest BCUT2D eigenvalue weighted by Crippen LogP contribution is 2.22. The highest BCUT2D eigenvalue weighted by atomic mass is 35.5. The van der Waals surface area contributed by atoms with E-state index in [0.717, 1.165) is 47.8 Å². The molecule has 0 amide bonds. The van der Waals surface area contributed by atoms with E-state index in [9.17, 15) is 0 Å². The quantitative estimate of drug-likeness (QED) is 0.654. The molecule has 0 spiro atoms. The van der Waals surface area contributed by atoms with Gasteiger partial charge in [0, 0.05) is 17.6 Å². The summed E-state index contributed by atoms with van der Waals surface area (Å²) in [6.45, 7) is 6.00. The normalized spacial score (nSPS) is 11.5. The minimum atomic E-state index is 0.526. The molecule has 126 valence electrons. The Kier molecular flexibility index (Phi) is 5.54. The number of aromatic nitrogens is 2. The zero-order valence-corrected chi connectivity index (χ0v) is 15.1. The maximum atomic E-state index is 6.22. The van der Waals surface area contributed by atoms with Gasteiger partial charge in [0.2, 0.25) is 0 Å². The van der Waals surface area contributed by atoms with Crippen LogP contribution in [0, 0.1) is 0 Å². The summed E-state index contributed by atoms with van der Waals surface area (Å²) in [5.74, 6) is 1.06. The first-order chi connectivity index (χ1) is 11.7. The van der Waals surface area contributed by atoms with Crippen LogP contribution in [-0.2, 0) is 13.1 Å².